The number of ether oxygens (including phenoxy) is 2. The Hall–Kier alpha value is -1.35. The van der Waals surface area contributed by atoms with Crippen molar-refractivity contribution < 1.29 is 14.3 Å². The van der Waals surface area contributed by atoms with Gasteiger partial charge in [0.2, 0.25) is 5.60 Å². The molecular formula is C14H18O3. The Balaban J connectivity index is 2.20. The minimum Gasteiger partial charge on any atom is -0.464 e. The van der Waals surface area contributed by atoms with Gasteiger partial charge in [-0.3, -0.25) is 0 Å². The van der Waals surface area contributed by atoms with E-state index in [1.165, 1.54) is 5.56 Å². The Labute approximate surface area is 102 Å². The zero-order chi connectivity index (χ0) is 12.5. The summed E-state index contributed by atoms with van der Waals surface area (Å²) in [7, 11) is 0. The van der Waals surface area contributed by atoms with E-state index in [0.29, 0.717) is 19.1 Å². The Morgan fingerprint density at radius 1 is 1.41 bits per heavy atom. The molecule has 1 atom stereocenters. The molecule has 1 saturated heterocycles. The highest BCUT2D eigenvalue weighted by atomic mass is 16.6. The molecule has 0 radical (unpaired) electrons. The molecule has 0 saturated carbocycles. The summed E-state index contributed by atoms with van der Waals surface area (Å²) in [6.45, 7) is 6.89. The summed E-state index contributed by atoms with van der Waals surface area (Å²) < 4.78 is 10.4. The van der Waals surface area contributed by atoms with Crippen LogP contribution in [0.2, 0.25) is 0 Å². The lowest BCUT2D eigenvalue weighted by atomic mass is 9.95. The zero-order valence-corrected chi connectivity index (χ0v) is 10.5. The van der Waals surface area contributed by atoms with Gasteiger partial charge in [0.05, 0.1) is 13.2 Å². The summed E-state index contributed by atoms with van der Waals surface area (Å²) in [4.78, 5) is 11.8. The van der Waals surface area contributed by atoms with Crippen molar-refractivity contribution in [3.05, 3.63) is 35.4 Å². The highest BCUT2D eigenvalue weighted by Gasteiger charge is 2.55. The Bertz CT molecular complexity index is 402. The maximum Gasteiger partial charge on any atom is 0.345 e. The fourth-order valence-corrected chi connectivity index (χ4v) is 1.86. The molecule has 1 aromatic carbocycles. The van der Waals surface area contributed by atoms with Crippen LogP contribution in [-0.4, -0.2) is 19.2 Å². The molecule has 1 heterocycles. The van der Waals surface area contributed by atoms with Crippen molar-refractivity contribution in [1.82, 2.24) is 0 Å². The average molecular weight is 234 g/mol. The van der Waals surface area contributed by atoms with Gasteiger partial charge in [0, 0.05) is 0 Å². The van der Waals surface area contributed by atoms with Gasteiger partial charge in [-0.15, -0.1) is 0 Å². The van der Waals surface area contributed by atoms with Crippen LogP contribution in [0.3, 0.4) is 0 Å². The number of rotatable bonds is 4. The van der Waals surface area contributed by atoms with Crippen molar-refractivity contribution >= 4 is 5.97 Å². The van der Waals surface area contributed by atoms with Gasteiger partial charge in [-0.1, -0.05) is 38.1 Å². The molecule has 0 aromatic heterocycles. The first-order valence-electron chi connectivity index (χ1n) is 6.02. The van der Waals surface area contributed by atoms with E-state index in [0.717, 1.165) is 5.56 Å². The quantitative estimate of drug-likeness (QED) is 0.593. The molecule has 1 aliphatic rings. The van der Waals surface area contributed by atoms with Gasteiger partial charge in [0.15, 0.2) is 0 Å². The maximum atomic E-state index is 11.8. The van der Waals surface area contributed by atoms with Crippen LogP contribution in [0.4, 0.5) is 0 Å². The lowest BCUT2D eigenvalue weighted by Crippen LogP contribution is -2.24. The van der Waals surface area contributed by atoms with Crippen molar-refractivity contribution in [1.29, 1.82) is 0 Å². The van der Waals surface area contributed by atoms with Crippen LogP contribution in [0.15, 0.2) is 24.3 Å². The second kappa shape index (κ2) is 4.49. The summed E-state index contributed by atoms with van der Waals surface area (Å²) >= 11 is 0. The van der Waals surface area contributed by atoms with Gasteiger partial charge < -0.3 is 9.47 Å². The fourth-order valence-electron chi connectivity index (χ4n) is 1.86. The number of epoxide rings is 1. The van der Waals surface area contributed by atoms with Gasteiger partial charge in [-0.25, -0.2) is 4.79 Å². The number of hydrogen-bond acceptors (Lipinski definition) is 3. The summed E-state index contributed by atoms with van der Waals surface area (Å²) in [5.41, 5.74) is 1.32. The highest BCUT2D eigenvalue weighted by molar-refractivity contribution is 5.84. The van der Waals surface area contributed by atoms with Crippen molar-refractivity contribution in [3.63, 3.8) is 0 Å². The SMILES string of the molecule is CCOC(=O)C1(c2ccc(C(C)C)cc2)CO1. The van der Waals surface area contributed by atoms with Crippen LogP contribution >= 0.6 is 0 Å². The second-order valence-electron chi connectivity index (χ2n) is 4.61. The van der Waals surface area contributed by atoms with E-state index < -0.39 is 5.60 Å². The number of hydrogen-bond donors (Lipinski definition) is 0. The molecule has 1 aliphatic heterocycles. The lowest BCUT2D eigenvalue weighted by Gasteiger charge is -2.12. The molecule has 1 aromatic rings. The molecule has 1 fully saturated rings. The summed E-state index contributed by atoms with van der Waals surface area (Å²) in [5, 5.41) is 0. The molecule has 0 N–H and O–H groups in total. The first-order valence-corrected chi connectivity index (χ1v) is 6.02. The topological polar surface area (TPSA) is 38.8 Å². The number of benzene rings is 1. The van der Waals surface area contributed by atoms with E-state index in [4.69, 9.17) is 9.47 Å². The summed E-state index contributed by atoms with van der Waals surface area (Å²) in [5.74, 6) is 0.208. The van der Waals surface area contributed by atoms with Crippen molar-refractivity contribution in [2.45, 2.75) is 32.3 Å². The third-order valence-electron chi connectivity index (χ3n) is 3.08. The van der Waals surface area contributed by atoms with Crippen LogP contribution in [-0.2, 0) is 19.9 Å². The number of carbonyl (C=O) groups is 1. The molecule has 17 heavy (non-hydrogen) atoms. The van der Waals surface area contributed by atoms with Crippen LogP contribution in [0, 0.1) is 0 Å². The van der Waals surface area contributed by atoms with Crippen LogP contribution < -0.4 is 0 Å². The summed E-state index contributed by atoms with van der Waals surface area (Å²) in [6, 6.07) is 8.00. The Morgan fingerprint density at radius 3 is 2.41 bits per heavy atom. The van der Waals surface area contributed by atoms with Crippen molar-refractivity contribution in [3.8, 4) is 0 Å². The smallest absolute Gasteiger partial charge is 0.345 e. The molecule has 0 amide bonds. The standard InChI is InChI=1S/C14H18O3/c1-4-16-13(15)14(9-17-14)12-7-5-11(6-8-12)10(2)3/h5-8,10H,4,9H2,1-3H3. The summed E-state index contributed by atoms with van der Waals surface area (Å²) in [6.07, 6.45) is 0. The maximum absolute atomic E-state index is 11.8. The third kappa shape index (κ3) is 2.20. The first-order chi connectivity index (χ1) is 8.10. The predicted octanol–water partition coefficient (Wildman–Crippen LogP) is 2.60. The third-order valence-corrected chi connectivity index (χ3v) is 3.08. The van der Waals surface area contributed by atoms with E-state index in [1.54, 1.807) is 6.92 Å². The van der Waals surface area contributed by atoms with E-state index in [1.807, 2.05) is 24.3 Å². The molecular weight excluding hydrogens is 216 g/mol. The van der Waals surface area contributed by atoms with Gasteiger partial charge >= 0.3 is 5.97 Å². The predicted molar refractivity (Wildman–Crippen MR) is 64.8 cm³/mol. The van der Waals surface area contributed by atoms with E-state index >= 15 is 0 Å². The molecule has 0 bridgehead atoms. The van der Waals surface area contributed by atoms with Crippen LogP contribution in [0.5, 0.6) is 0 Å². The van der Waals surface area contributed by atoms with E-state index in [2.05, 4.69) is 13.8 Å². The Morgan fingerprint density at radius 2 is 2.00 bits per heavy atom. The van der Waals surface area contributed by atoms with Gasteiger partial charge in [0.1, 0.15) is 0 Å². The van der Waals surface area contributed by atoms with E-state index in [-0.39, 0.29) is 5.97 Å². The van der Waals surface area contributed by atoms with Crippen LogP contribution in [0.25, 0.3) is 0 Å². The lowest BCUT2D eigenvalue weighted by molar-refractivity contribution is -0.149. The minimum atomic E-state index is -0.828. The largest absolute Gasteiger partial charge is 0.464 e. The minimum absolute atomic E-state index is 0.280. The zero-order valence-electron chi connectivity index (χ0n) is 10.5. The molecule has 3 nitrogen and oxygen atoms in total. The monoisotopic (exact) mass is 234 g/mol. The second-order valence-corrected chi connectivity index (χ2v) is 4.61. The van der Waals surface area contributed by atoms with Crippen molar-refractivity contribution in [2.75, 3.05) is 13.2 Å². The van der Waals surface area contributed by atoms with Gasteiger partial charge in [-0.05, 0) is 24.0 Å². The molecule has 92 valence electrons. The number of carbonyl (C=O) groups excluding carboxylic acids is 1. The molecule has 2 rings (SSSR count). The van der Waals surface area contributed by atoms with Gasteiger partial charge in [0.25, 0.3) is 0 Å². The average Bonchev–Trinajstić information content (AvgIpc) is 3.11. The van der Waals surface area contributed by atoms with Crippen LogP contribution in [0.1, 0.15) is 37.8 Å². The molecule has 0 spiro atoms. The number of esters is 1. The first kappa shape index (κ1) is 12.1. The highest BCUT2D eigenvalue weighted by Crippen LogP contribution is 2.40. The van der Waals surface area contributed by atoms with Gasteiger partial charge in [-0.2, -0.15) is 0 Å². The van der Waals surface area contributed by atoms with Crippen molar-refractivity contribution in [2.24, 2.45) is 0 Å². The van der Waals surface area contributed by atoms with E-state index in [9.17, 15) is 4.79 Å². The molecule has 0 aliphatic carbocycles. The Kier molecular flexibility index (Phi) is 3.20. The molecule has 3 heteroatoms. The fraction of sp³-hybridized carbons (Fsp3) is 0.500. The molecule has 1 unspecified atom stereocenters. The normalized spacial score (nSPS) is 22.6.